The summed E-state index contributed by atoms with van der Waals surface area (Å²) in [7, 11) is 0. The summed E-state index contributed by atoms with van der Waals surface area (Å²) >= 11 is 0. The van der Waals surface area contributed by atoms with Gasteiger partial charge < -0.3 is 20.1 Å². The molecule has 1 heterocycles. The molecule has 0 aromatic heterocycles. The lowest BCUT2D eigenvalue weighted by molar-refractivity contribution is 0.174. The van der Waals surface area contributed by atoms with Crippen LogP contribution in [0.5, 0.6) is 11.5 Å². The zero-order valence-corrected chi connectivity index (χ0v) is 15.1. The number of carbonyl (C=O) groups excluding carboxylic acids is 1. The van der Waals surface area contributed by atoms with Gasteiger partial charge in [-0.3, -0.25) is 0 Å². The van der Waals surface area contributed by atoms with Gasteiger partial charge in [-0.2, -0.15) is 0 Å². The Morgan fingerprint density at radius 3 is 2.54 bits per heavy atom. The molecule has 0 radical (unpaired) electrons. The molecule has 2 N–H and O–H groups in total. The molecule has 138 valence electrons. The van der Waals surface area contributed by atoms with Gasteiger partial charge in [0.25, 0.3) is 0 Å². The fourth-order valence-electron chi connectivity index (χ4n) is 2.75. The number of anilines is 1. The summed E-state index contributed by atoms with van der Waals surface area (Å²) in [4.78, 5) is 12.2. The monoisotopic (exact) mass is 370 g/mol. The second kappa shape index (κ2) is 8.19. The van der Waals surface area contributed by atoms with Gasteiger partial charge in [0.2, 0.25) is 6.79 Å². The first kappa shape index (κ1) is 17.5. The van der Waals surface area contributed by atoms with Crippen molar-refractivity contribution in [1.82, 2.24) is 5.32 Å². The summed E-state index contributed by atoms with van der Waals surface area (Å²) in [5, 5.41) is 5.66. The van der Waals surface area contributed by atoms with Crippen molar-refractivity contribution in [3.63, 3.8) is 0 Å². The highest BCUT2D eigenvalue weighted by atomic mass is 16.7. The molecule has 0 saturated carbocycles. The van der Waals surface area contributed by atoms with Crippen LogP contribution < -0.4 is 20.1 Å². The minimum Gasteiger partial charge on any atom is -0.454 e. The van der Waals surface area contributed by atoms with Crippen LogP contribution in [0.4, 0.5) is 10.5 Å². The van der Waals surface area contributed by atoms with Gasteiger partial charge >= 0.3 is 6.03 Å². The van der Waals surface area contributed by atoms with Gasteiger partial charge in [-0.05, 0) is 48.0 Å². The molecule has 0 aliphatic carbocycles. The first-order valence-corrected chi connectivity index (χ1v) is 8.87. The van der Waals surface area contributed by atoms with Crippen LogP contribution in [0.25, 0.3) is 0 Å². The van der Waals surface area contributed by atoms with Crippen LogP contribution in [0.2, 0.25) is 0 Å². The molecule has 0 bridgehead atoms. The van der Waals surface area contributed by atoms with Crippen LogP contribution in [-0.4, -0.2) is 12.8 Å². The Balaban J connectivity index is 1.35. The maximum Gasteiger partial charge on any atom is 0.319 e. The van der Waals surface area contributed by atoms with Crippen molar-refractivity contribution in [3.8, 4) is 23.3 Å². The maximum atomic E-state index is 12.2. The number of nitrogens with one attached hydrogen (secondary N) is 2. The van der Waals surface area contributed by atoms with Crippen molar-refractivity contribution in [2.75, 3.05) is 12.1 Å². The van der Waals surface area contributed by atoms with E-state index in [2.05, 4.69) is 22.5 Å². The van der Waals surface area contributed by atoms with Crippen molar-refractivity contribution in [2.24, 2.45) is 0 Å². The predicted octanol–water partition coefficient (Wildman–Crippen LogP) is 4.14. The van der Waals surface area contributed by atoms with Crippen molar-refractivity contribution >= 4 is 11.7 Å². The zero-order chi connectivity index (χ0) is 19.2. The highest BCUT2D eigenvalue weighted by Crippen LogP contribution is 2.32. The van der Waals surface area contributed by atoms with E-state index in [0.29, 0.717) is 18.0 Å². The summed E-state index contributed by atoms with van der Waals surface area (Å²) in [6, 6.07) is 22.5. The van der Waals surface area contributed by atoms with Gasteiger partial charge in [0.15, 0.2) is 11.5 Å². The standard InChI is InChI=1S/C23H18N2O3/c26-23(24-15-19-11-12-21-22(14-19)28-16-27-21)25-20-8-4-7-18(13-20)10-9-17-5-2-1-3-6-17/h1-8,11-14H,15-16H2,(H2,24,25,26). The Morgan fingerprint density at radius 2 is 1.64 bits per heavy atom. The van der Waals surface area contributed by atoms with Gasteiger partial charge in [-0.25, -0.2) is 4.79 Å². The van der Waals surface area contributed by atoms with E-state index in [-0.39, 0.29) is 12.8 Å². The van der Waals surface area contributed by atoms with Crippen LogP contribution >= 0.6 is 0 Å². The molecule has 3 aromatic carbocycles. The zero-order valence-electron chi connectivity index (χ0n) is 15.1. The van der Waals surface area contributed by atoms with Crippen molar-refractivity contribution in [3.05, 3.63) is 89.5 Å². The number of fused-ring (bicyclic) bond motifs is 1. The number of benzene rings is 3. The Morgan fingerprint density at radius 1 is 0.857 bits per heavy atom. The molecule has 28 heavy (non-hydrogen) atoms. The normalized spacial score (nSPS) is 11.3. The van der Waals surface area contributed by atoms with Crippen LogP contribution in [0.1, 0.15) is 16.7 Å². The second-order valence-corrected chi connectivity index (χ2v) is 6.19. The molecule has 0 fully saturated rings. The van der Waals surface area contributed by atoms with Crippen molar-refractivity contribution in [1.29, 1.82) is 0 Å². The molecular weight excluding hydrogens is 352 g/mol. The first-order valence-electron chi connectivity index (χ1n) is 8.87. The van der Waals surface area contributed by atoms with Crippen LogP contribution in [0.15, 0.2) is 72.8 Å². The third kappa shape index (κ3) is 4.43. The number of rotatable bonds is 3. The van der Waals surface area contributed by atoms with E-state index in [9.17, 15) is 4.79 Å². The Kier molecular flexibility index (Phi) is 5.12. The highest BCUT2D eigenvalue weighted by molar-refractivity contribution is 5.89. The van der Waals surface area contributed by atoms with Gasteiger partial charge in [-0.15, -0.1) is 0 Å². The lowest BCUT2D eigenvalue weighted by Gasteiger charge is -2.08. The number of hydrogen-bond donors (Lipinski definition) is 2. The van der Waals surface area contributed by atoms with Crippen molar-refractivity contribution < 1.29 is 14.3 Å². The molecule has 4 rings (SSSR count). The lowest BCUT2D eigenvalue weighted by atomic mass is 10.1. The number of amides is 2. The van der Waals surface area contributed by atoms with E-state index >= 15 is 0 Å². The minimum absolute atomic E-state index is 0.232. The topological polar surface area (TPSA) is 59.6 Å². The first-order chi connectivity index (χ1) is 13.8. The SMILES string of the molecule is O=C(NCc1ccc2c(c1)OCO2)Nc1cccc(C#Cc2ccccc2)c1. The van der Waals surface area contributed by atoms with E-state index < -0.39 is 0 Å². The van der Waals surface area contributed by atoms with E-state index in [1.807, 2.05) is 72.8 Å². The predicted molar refractivity (Wildman–Crippen MR) is 107 cm³/mol. The van der Waals surface area contributed by atoms with Gasteiger partial charge in [0.05, 0.1) is 0 Å². The molecule has 3 aromatic rings. The Bertz CT molecular complexity index is 1050. The molecule has 2 amide bonds. The Hall–Kier alpha value is -3.91. The molecule has 5 heteroatoms. The summed E-state index contributed by atoms with van der Waals surface area (Å²) in [5.41, 5.74) is 3.39. The fraction of sp³-hybridized carbons (Fsp3) is 0.0870. The van der Waals surface area contributed by atoms with Crippen LogP contribution in [0, 0.1) is 11.8 Å². The average Bonchev–Trinajstić information content (AvgIpc) is 3.20. The Labute approximate surface area is 163 Å². The third-order valence-electron chi connectivity index (χ3n) is 4.14. The van der Waals surface area contributed by atoms with E-state index in [4.69, 9.17) is 9.47 Å². The van der Waals surface area contributed by atoms with Crippen LogP contribution in [-0.2, 0) is 6.54 Å². The lowest BCUT2D eigenvalue weighted by Crippen LogP contribution is -2.28. The fourth-order valence-corrected chi connectivity index (χ4v) is 2.75. The molecule has 0 saturated heterocycles. The highest BCUT2D eigenvalue weighted by Gasteiger charge is 2.13. The van der Waals surface area contributed by atoms with Gasteiger partial charge in [0.1, 0.15) is 0 Å². The number of carbonyl (C=O) groups is 1. The molecule has 5 nitrogen and oxygen atoms in total. The largest absolute Gasteiger partial charge is 0.454 e. The van der Waals surface area contributed by atoms with Crippen molar-refractivity contribution in [2.45, 2.75) is 6.54 Å². The summed E-state index contributed by atoms with van der Waals surface area (Å²) in [6.07, 6.45) is 0. The molecular formula is C23H18N2O3. The molecule has 0 spiro atoms. The van der Waals surface area contributed by atoms with Gasteiger partial charge in [-0.1, -0.05) is 42.2 Å². The minimum atomic E-state index is -0.286. The maximum absolute atomic E-state index is 12.2. The van der Waals surface area contributed by atoms with E-state index in [0.717, 1.165) is 22.4 Å². The number of hydrogen-bond acceptors (Lipinski definition) is 3. The third-order valence-corrected chi connectivity index (χ3v) is 4.14. The number of ether oxygens (including phenoxy) is 2. The summed E-state index contributed by atoms with van der Waals surface area (Å²) in [6.45, 7) is 0.617. The van der Waals surface area contributed by atoms with E-state index in [1.54, 1.807) is 0 Å². The average molecular weight is 370 g/mol. The quantitative estimate of drug-likeness (QED) is 0.682. The molecule has 1 aliphatic heterocycles. The molecule has 1 aliphatic rings. The summed E-state index contributed by atoms with van der Waals surface area (Å²) < 4.78 is 10.6. The summed E-state index contributed by atoms with van der Waals surface area (Å²) in [5.74, 6) is 7.64. The molecule has 0 unspecified atom stereocenters. The van der Waals surface area contributed by atoms with E-state index in [1.165, 1.54) is 0 Å². The number of urea groups is 1. The van der Waals surface area contributed by atoms with Crippen LogP contribution in [0.3, 0.4) is 0 Å². The smallest absolute Gasteiger partial charge is 0.319 e. The van der Waals surface area contributed by atoms with Gasteiger partial charge in [0, 0.05) is 23.4 Å². The molecule has 0 atom stereocenters. The second-order valence-electron chi connectivity index (χ2n) is 6.19.